The van der Waals surface area contributed by atoms with Gasteiger partial charge in [-0.15, -0.1) is 0 Å². The van der Waals surface area contributed by atoms with E-state index in [1.807, 2.05) is 0 Å². The van der Waals surface area contributed by atoms with Crippen LogP contribution >= 0.6 is 0 Å². The van der Waals surface area contributed by atoms with E-state index in [4.69, 9.17) is 4.52 Å². The molecule has 106 valence electrons. The molecule has 3 rings (SSSR count). The summed E-state index contributed by atoms with van der Waals surface area (Å²) in [5, 5.41) is 7.37. The van der Waals surface area contributed by atoms with Gasteiger partial charge in [-0.25, -0.2) is 8.42 Å². The van der Waals surface area contributed by atoms with E-state index in [0.717, 1.165) is 13.0 Å². The first-order valence-corrected chi connectivity index (χ1v) is 8.64. The molecule has 0 bridgehead atoms. The summed E-state index contributed by atoms with van der Waals surface area (Å²) < 4.78 is 28.3. The van der Waals surface area contributed by atoms with Gasteiger partial charge in [-0.2, -0.15) is 4.98 Å². The lowest BCUT2D eigenvalue weighted by atomic mass is 9.93. The minimum absolute atomic E-state index is 0.0959. The van der Waals surface area contributed by atoms with Crippen molar-refractivity contribution in [2.45, 2.75) is 38.1 Å². The third kappa shape index (κ3) is 2.67. The maximum atomic E-state index is 11.5. The van der Waals surface area contributed by atoms with Crippen molar-refractivity contribution >= 4 is 9.84 Å². The Morgan fingerprint density at radius 1 is 1.37 bits per heavy atom. The van der Waals surface area contributed by atoms with E-state index in [-0.39, 0.29) is 23.5 Å². The Kier molecular flexibility index (Phi) is 3.34. The van der Waals surface area contributed by atoms with Crippen molar-refractivity contribution in [3.63, 3.8) is 0 Å². The SMILES string of the molecule is CC1CCCNC1c1nc(C2CCS(=O)(=O)C2)no1. The zero-order chi connectivity index (χ0) is 13.5. The number of aromatic nitrogens is 2. The van der Waals surface area contributed by atoms with Gasteiger partial charge >= 0.3 is 0 Å². The Balaban J connectivity index is 1.76. The molecule has 0 amide bonds. The maximum absolute atomic E-state index is 11.5. The van der Waals surface area contributed by atoms with E-state index in [1.54, 1.807) is 0 Å². The Bertz CT molecular complexity index is 554. The van der Waals surface area contributed by atoms with E-state index in [1.165, 1.54) is 6.42 Å². The second-order valence-corrected chi connectivity index (χ2v) is 7.87. The number of hydrogen-bond donors (Lipinski definition) is 1. The minimum atomic E-state index is -2.91. The molecule has 0 radical (unpaired) electrons. The average molecular weight is 285 g/mol. The minimum Gasteiger partial charge on any atom is -0.338 e. The lowest BCUT2D eigenvalue weighted by Crippen LogP contribution is -2.33. The van der Waals surface area contributed by atoms with Crippen LogP contribution in [0, 0.1) is 5.92 Å². The second-order valence-electron chi connectivity index (χ2n) is 5.64. The van der Waals surface area contributed by atoms with E-state index < -0.39 is 9.84 Å². The summed E-state index contributed by atoms with van der Waals surface area (Å²) in [6.07, 6.45) is 2.92. The normalized spacial score (nSPS) is 34.5. The van der Waals surface area contributed by atoms with Crippen LogP contribution in [0.5, 0.6) is 0 Å². The fraction of sp³-hybridized carbons (Fsp3) is 0.833. The molecular formula is C12H19N3O3S. The second kappa shape index (κ2) is 4.86. The molecule has 2 aliphatic rings. The number of nitrogens with zero attached hydrogens (tertiary/aromatic N) is 2. The third-order valence-corrected chi connectivity index (χ3v) is 5.86. The molecule has 2 fully saturated rings. The topological polar surface area (TPSA) is 85.1 Å². The summed E-state index contributed by atoms with van der Waals surface area (Å²) in [5.41, 5.74) is 0. The summed E-state index contributed by atoms with van der Waals surface area (Å²) in [6.45, 7) is 3.13. The molecule has 0 saturated carbocycles. The van der Waals surface area contributed by atoms with Crippen LogP contribution in [0.2, 0.25) is 0 Å². The van der Waals surface area contributed by atoms with Crippen LogP contribution < -0.4 is 5.32 Å². The predicted octanol–water partition coefficient (Wildman–Crippen LogP) is 1.03. The Morgan fingerprint density at radius 3 is 2.89 bits per heavy atom. The van der Waals surface area contributed by atoms with Crippen LogP contribution in [-0.2, 0) is 9.84 Å². The summed E-state index contributed by atoms with van der Waals surface area (Å²) in [5.74, 6) is 1.91. The van der Waals surface area contributed by atoms with Crippen LogP contribution in [0.25, 0.3) is 0 Å². The first-order valence-electron chi connectivity index (χ1n) is 6.82. The Hall–Kier alpha value is -0.950. The fourth-order valence-corrected chi connectivity index (χ4v) is 4.66. The van der Waals surface area contributed by atoms with Gasteiger partial charge in [-0.05, 0) is 31.7 Å². The maximum Gasteiger partial charge on any atom is 0.244 e. The molecule has 3 unspecified atom stereocenters. The Morgan fingerprint density at radius 2 is 2.21 bits per heavy atom. The standard InChI is InChI=1S/C12H19N3O3S/c1-8-3-2-5-13-10(8)12-14-11(15-18-12)9-4-6-19(16,17)7-9/h8-10,13H,2-7H2,1H3. The molecule has 2 aliphatic heterocycles. The van der Waals surface area contributed by atoms with Crippen molar-refractivity contribution in [1.82, 2.24) is 15.5 Å². The highest BCUT2D eigenvalue weighted by atomic mass is 32.2. The van der Waals surface area contributed by atoms with Crippen LogP contribution in [0.1, 0.15) is 49.9 Å². The predicted molar refractivity (Wildman–Crippen MR) is 69.5 cm³/mol. The van der Waals surface area contributed by atoms with Crippen molar-refractivity contribution in [2.75, 3.05) is 18.1 Å². The largest absolute Gasteiger partial charge is 0.338 e. The lowest BCUT2D eigenvalue weighted by molar-refractivity contribution is 0.238. The molecule has 1 aromatic rings. The number of hydrogen-bond acceptors (Lipinski definition) is 6. The van der Waals surface area contributed by atoms with Gasteiger partial charge in [-0.1, -0.05) is 12.1 Å². The van der Waals surface area contributed by atoms with Gasteiger partial charge in [0.05, 0.1) is 17.5 Å². The highest BCUT2D eigenvalue weighted by molar-refractivity contribution is 7.91. The van der Waals surface area contributed by atoms with E-state index in [2.05, 4.69) is 22.4 Å². The van der Waals surface area contributed by atoms with Gasteiger partial charge in [0.25, 0.3) is 0 Å². The van der Waals surface area contributed by atoms with E-state index in [0.29, 0.717) is 24.1 Å². The summed E-state index contributed by atoms with van der Waals surface area (Å²) in [4.78, 5) is 4.43. The zero-order valence-electron chi connectivity index (χ0n) is 11.0. The van der Waals surface area contributed by atoms with Gasteiger partial charge in [0.2, 0.25) is 5.89 Å². The zero-order valence-corrected chi connectivity index (χ0v) is 11.8. The van der Waals surface area contributed by atoms with Gasteiger partial charge in [0, 0.05) is 5.92 Å². The molecule has 6 nitrogen and oxygen atoms in total. The first kappa shape index (κ1) is 13.1. The van der Waals surface area contributed by atoms with Crippen LogP contribution in [0.15, 0.2) is 4.52 Å². The summed E-state index contributed by atoms with van der Waals surface area (Å²) >= 11 is 0. The summed E-state index contributed by atoms with van der Waals surface area (Å²) in [7, 11) is -2.91. The highest BCUT2D eigenvalue weighted by Gasteiger charge is 2.34. The molecule has 0 aromatic carbocycles. The number of sulfone groups is 1. The molecule has 0 spiro atoms. The first-order chi connectivity index (χ1) is 9.05. The molecule has 2 saturated heterocycles. The molecule has 1 aromatic heterocycles. The molecule has 3 heterocycles. The van der Waals surface area contributed by atoms with Crippen LogP contribution in [-0.4, -0.2) is 36.6 Å². The van der Waals surface area contributed by atoms with Crippen LogP contribution in [0.4, 0.5) is 0 Å². The van der Waals surface area contributed by atoms with Gasteiger partial charge in [-0.3, -0.25) is 0 Å². The summed E-state index contributed by atoms with van der Waals surface area (Å²) in [6, 6.07) is 0.105. The van der Waals surface area contributed by atoms with Crippen LogP contribution in [0.3, 0.4) is 0 Å². The molecular weight excluding hydrogens is 266 g/mol. The average Bonchev–Trinajstić information content (AvgIpc) is 2.96. The molecule has 1 N–H and O–H groups in total. The van der Waals surface area contributed by atoms with Crippen molar-refractivity contribution in [3.05, 3.63) is 11.7 Å². The van der Waals surface area contributed by atoms with Crippen molar-refractivity contribution in [1.29, 1.82) is 0 Å². The van der Waals surface area contributed by atoms with Crippen molar-refractivity contribution in [3.8, 4) is 0 Å². The number of piperidine rings is 1. The quantitative estimate of drug-likeness (QED) is 0.873. The van der Waals surface area contributed by atoms with Gasteiger partial charge in [0.1, 0.15) is 0 Å². The van der Waals surface area contributed by atoms with Gasteiger partial charge < -0.3 is 9.84 Å². The number of nitrogens with one attached hydrogen (secondary N) is 1. The Labute approximate surface area is 112 Å². The van der Waals surface area contributed by atoms with E-state index in [9.17, 15) is 8.42 Å². The van der Waals surface area contributed by atoms with Crippen molar-refractivity contribution < 1.29 is 12.9 Å². The van der Waals surface area contributed by atoms with Gasteiger partial charge in [0.15, 0.2) is 15.7 Å². The fourth-order valence-electron chi connectivity index (χ4n) is 2.92. The highest BCUT2D eigenvalue weighted by Crippen LogP contribution is 2.31. The lowest BCUT2D eigenvalue weighted by Gasteiger charge is -2.26. The molecule has 0 aliphatic carbocycles. The molecule has 7 heteroatoms. The van der Waals surface area contributed by atoms with Crippen molar-refractivity contribution in [2.24, 2.45) is 5.92 Å². The smallest absolute Gasteiger partial charge is 0.244 e. The molecule has 19 heavy (non-hydrogen) atoms. The number of rotatable bonds is 2. The molecule has 3 atom stereocenters. The van der Waals surface area contributed by atoms with E-state index >= 15 is 0 Å². The monoisotopic (exact) mass is 285 g/mol. The third-order valence-electron chi connectivity index (χ3n) is 4.09.